The van der Waals surface area contributed by atoms with Crippen molar-refractivity contribution in [2.75, 3.05) is 0 Å². The van der Waals surface area contributed by atoms with Crippen molar-refractivity contribution in [2.24, 2.45) is 17.8 Å². The summed E-state index contributed by atoms with van der Waals surface area (Å²) in [4.78, 5) is 0. The Hall–Kier alpha value is -0.743. The van der Waals surface area contributed by atoms with Gasteiger partial charge in [-0.05, 0) is 50.7 Å². The van der Waals surface area contributed by atoms with Gasteiger partial charge in [0, 0.05) is 0 Å². The standard InChI is InChI=1S/3C12H17.3Al.6H/c3*1-10(2)12(3,4)11-8-6-5-7-9-11;;;;;;;;;/h3*5-10H,1H2,2-4H3;;;;;;;;;. The molecule has 0 heterocycles. The summed E-state index contributed by atoms with van der Waals surface area (Å²) in [6.07, 6.45) is 0. The first-order valence-corrected chi connectivity index (χ1v) is 19.7. The summed E-state index contributed by atoms with van der Waals surface area (Å²) in [6.45, 7) is 21.2. The molecule has 0 radical (unpaired) electrons. The van der Waals surface area contributed by atoms with Crippen LogP contribution in [-0.4, -0.2) is 48.9 Å². The Kier molecular flexibility index (Phi) is 16.1. The van der Waals surface area contributed by atoms with E-state index >= 15 is 0 Å². The summed E-state index contributed by atoms with van der Waals surface area (Å²) in [6, 6.07) is 32.5. The van der Waals surface area contributed by atoms with E-state index in [0.717, 1.165) is 17.8 Å². The van der Waals surface area contributed by atoms with E-state index in [9.17, 15) is 0 Å². The maximum Gasteiger partial charge on any atom is 0.212 e. The number of rotatable bonds is 9. The Bertz CT molecular complexity index is 890. The molecular formula is C36H57Al3. The molecule has 0 N–H and O–H groups in total. The Morgan fingerprint density at radius 3 is 0.744 bits per heavy atom. The van der Waals surface area contributed by atoms with Crippen LogP contribution in [-0.2, 0) is 16.2 Å². The van der Waals surface area contributed by atoms with Gasteiger partial charge in [-0.2, -0.15) is 0 Å². The topological polar surface area (TPSA) is 0 Å². The third-order valence-corrected chi connectivity index (χ3v) is 13.8. The molecule has 0 fully saturated rings. The molecule has 3 aromatic rings. The Labute approximate surface area is 267 Å². The number of benzene rings is 3. The van der Waals surface area contributed by atoms with Crippen molar-refractivity contribution < 1.29 is 0 Å². The van der Waals surface area contributed by atoms with Crippen LogP contribution in [0.1, 0.15) is 79.0 Å². The van der Waals surface area contributed by atoms with Crippen molar-refractivity contribution in [1.29, 1.82) is 0 Å². The summed E-state index contributed by atoms with van der Waals surface area (Å²) in [5.41, 5.74) is 5.42. The molecular weight excluding hydrogens is 513 g/mol. The smallest absolute Gasteiger partial charge is 0.0979 e. The summed E-state index contributed by atoms with van der Waals surface area (Å²) in [7, 11) is 0. The minimum atomic E-state index is 0.336. The van der Waals surface area contributed by atoms with Gasteiger partial charge in [-0.1, -0.05) is 169 Å². The lowest BCUT2D eigenvalue weighted by molar-refractivity contribution is 0.372. The third kappa shape index (κ3) is 10.9. The quantitative estimate of drug-likeness (QED) is 0.229. The highest BCUT2D eigenvalue weighted by Crippen LogP contribution is 2.34. The van der Waals surface area contributed by atoms with Crippen molar-refractivity contribution in [1.82, 2.24) is 0 Å². The molecule has 0 saturated heterocycles. The van der Waals surface area contributed by atoms with E-state index in [1.807, 2.05) is 0 Å². The van der Waals surface area contributed by atoms with Gasteiger partial charge in [0.1, 0.15) is 0 Å². The zero-order chi connectivity index (χ0) is 29.7. The molecule has 3 unspecified atom stereocenters. The second-order valence-corrected chi connectivity index (χ2v) is 15.6. The summed E-state index contributed by atoms with van der Waals surface area (Å²) in [5, 5.41) is 4.13. The lowest BCUT2D eigenvalue weighted by atomic mass is 9.75. The SMILES string of the molecule is CC([CH2][AlH2])C(C)(C)c1ccccc1.CC([CH2][AlH2])C(C)(C)c1ccccc1.CC([CH2][AlH2])C(C)(C)c1ccccc1. The first kappa shape index (κ1) is 36.3. The molecule has 0 saturated carbocycles. The van der Waals surface area contributed by atoms with Crippen LogP contribution >= 0.6 is 0 Å². The van der Waals surface area contributed by atoms with Gasteiger partial charge in [0.15, 0.2) is 0 Å². The van der Waals surface area contributed by atoms with E-state index in [-0.39, 0.29) is 0 Å². The highest BCUT2D eigenvalue weighted by molar-refractivity contribution is 6.09. The minimum Gasteiger partial charge on any atom is -0.0979 e. The summed E-state index contributed by atoms with van der Waals surface area (Å²) >= 11 is 3.91. The van der Waals surface area contributed by atoms with E-state index in [4.69, 9.17) is 0 Å². The molecule has 3 atom stereocenters. The second-order valence-electron chi connectivity index (χ2n) is 13.2. The highest BCUT2D eigenvalue weighted by atomic mass is 27.1. The Balaban J connectivity index is 0.000000292. The monoisotopic (exact) mass is 570 g/mol. The molecule has 0 spiro atoms. The molecule has 3 rings (SSSR count). The third-order valence-electron chi connectivity index (χ3n) is 10.1. The summed E-state index contributed by atoms with van der Waals surface area (Å²) in [5.74, 6) is 2.38. The molecule has 0 amide bonds. The molecule has 3 heteroatoms. The predicted octanol–water partition coefficient (Wildman–Crippen LogP) is 7.96. The zero-order valence-electron chi connectivity index (χ0n) is 27.5. The first-order valence-electron chi connectivity index (χ1n) is 15.4. The van der Waals surface area contributed by atoms with Crippen molar-refractivity contribution >= 4 is 48.9 Å². The number of hydrogen-bond acceptors (Lipinski definition) is 0. The van der Waals surface area contributed by atoms with Crippen LogP contribution < -0.4 is 0 Å². The van der Waals surface area contributed by atoms with E-state index in [0.29, 0.717) is 16.2 Å². The second kappa shape index (κ2) is 17.3. The largest absolute Gasteiger partial charge is 0.212 e. The molecule has 0 aliphatic heterocycles. The minimum absolute atomic E-state index is 0.336. The van der Waals surface area contributed by atoms with Gasteiger partial charge in [-0.15, -0.1) is 0 Å². The van der Waals surface area contributed by atoms with E-state index in [1.54, 1.807) is 0 Å². The fourth-order valence-corrected chi connectivity index (χ4v) is 8.05. The molecule has 0 aliphatic rings. The molecule has 3 aromatic carbocycles. The van der Waals surface area contributed by atoms with Gasteiger partial charge in [0.05, 0.1) is 0 Å². The molecule has 210 valence electrons. The normalized spacial score (nSPS) is 14.1. The fourth-order valence-electron chi connectivity index (χ4n) is 4.99. The molecule has 0 aromatic heterocycles. The molecule has 39 heavy (non-hydrogen) atoms. The molecule has 0 aliphatic carbocycles. The summed E-state index contributed by atoms with van der Waals surface area (Å²) < 4.78 is 0. The fraction of sp³-hybridized carbons (Fsp3) is 0.500. The first-order chi connectivity index (χ1) is 18.3. The highest BCUT2D eigenvalue weighted by Gasteiger charge is 2.27. The van der Waals surface area contributed by atoms with Crippen LogP contribution in [0.25, 0.3) is 0 Å². The van der Waals surface area contributed by atoms with Crippen molar-refractivity contribution in [2.45, 2.75) is 94.4 Å². The van der Waals surface area contributed by atoms with E-state index < -0.39 is 0 Å². The van der Waals surface area contributed by atoms with Gasteiger partial charge in [-0.3, -0.25) is 0 Å². The molecule has 0 nitrogen and oxygen atoms in total. The van der Waals surface area contributed by atoms with Crippen LogP contribution in [0.3, 0.4) is 0 Å². The van der Waals surface area contributed by atoms with E-state index in [1.165, 1.54) is 81.4 Å². The predicted molar refractivity (Wildman–Crippen MR) is 186 cm³/mol. The average Bonchev–Trinajstić information content (AvgIpc) is 2.97. The van der Waals surface area contributed by atoms with Crippen LogP contribution in [0.5, 0.6) is 0 Å². The van der Waals surface area contributed by atoms with Crippen LogP contribution in [0.15, 0.2) is 91.0 Å². The van der Waals surface area contributed by atoms with Crippen molar-refractivity contribution in [3.05, 3.63) is 108 Å². The van der Waals surface area contributed by atoms with Crippen LogP contribution in [0.4, 0.5) is 0 Å². The lowest BCUT2D eigenvalue weighted by Gasteiger charge is -2.32. The maximum absolute atomic E-state index is 2.36. The van der Waals surface area contributed by atoms with Crippen molar-refractivity contribution in [3.63, 3.8) is 0 Å². The Morgan fingerprint density at radius 1 is 0.410 bits per heavy atom. The van der Waals surface area contributed by atoms with Crippen molar-refractivity contribution in [3.8, 4) is 0 Å². The van der Waals surface area contributed by atoms with Crippen LogP contribution in [0, 0.1) is 17.8 Å². The molecule has 0 bridgehead atoms. The Morgan fingerprint density at radius 2 is 0.590 bits per heavy atom. The zero-order valence-corrected chi connectivity index (χ0v) is 33.5. The lowest BCUT2D eigenvalue weighted by Crippen LogP contribution is -2.26. The average molecular weight is 571 g/mol. The van der Waals surface area contributed by atoms with Gasteiger partial charge in [-0.25, -0.2) is 0 Å². The van der Waals surface area contributed by atoms with Gasteiger partial charge in [0.25, 0.3) is 0 Å². The number of hydrogen-bond donors (Lipinski definition) is 0. The van der Waals surface area contributed by atoms with E-state index in [2.05, 4.69) is 153 Å². The van der Waals surface area contributed by atoms with Gasteiger partial charge in [0.2, 0.25) is 48.9 Å². The van der Waals surface area contributed by atoms with Gasteiger partial charge < -0.3 is 0 Å². The van der Waals surface area contributed by atoms with Crippen LogP contribution in [0.2, 0.25) is 15.8 Å². The maximum atomic E-state index is 2.36. The van der Waals surface area contributed by atoms with Gasteiger partial charge >= 0.3 is 0 Å².